The van der Waals surface area contributed by atoms with E-state index < -0.39 is 12.1 Å². The van der Waals surface area contributed by atoms with Crippen LogP contribution < -0.4 is 9.47 Å². The molecule has 1 aliphatic carbocycles. The second-order valence-electron chi connectivity index (χ2n) is 5.55. The number of rotatable bonds is 2. The van der Waals surface area contributed by atoms with E-state index in [0.717, 1.165) is 16.7 Å². The second-order valence-corrected chi connectivity index (χ2v) is 5.55. The van der Waals surface area contributed by atoms with Crippen LogP contribution in [0.5, 0.6) is 11.5 Å². The number of carboxylic acids is 1. The highest BCUT2D eigenvalue weighted by Gasteiger charge is 2.28. The molecule has 1 heterocycles. The molecule has 0 amide bonds. The van der Waals surface area contributed by atoms with E-state index >= 15 is 0 Å². The minimum atomic E-state index is -1.08. The standard InChI is InChI=1S/C18H14O5/c19-14-8-10-3-1-2-4-12(10)13(14)7-11-5-6-15-17(23-9-22-15)16(11)18(20)21/h1-7,14,19H,8-9H2,(H,20,21). The summed E-state index contributed by atoms with van der Waals surface area (Å²) in [5.74, 6) is -0.412. The van der Waals surface area contributed by atoms with Crippen molar-refractivity contribution < 1.29 is 24.5 Å². The van der Waals surface area contributed by atoms with Gasteiger partial charge in [0.25, 0.3) is 0 Å². The van der Waals surface area contributed by atoms with Gasteiger partial charge in [-0.3, -0.25) is 0 Å². The van der Waals surface area contributed by atoms with Crippen LogP contribution in [-0.4, -0.2) is 29.1 Å². The van der Waals surface area contributed by atoms with E-state index in [4.69, 9.17) is 9.47 Å². The highest BCUT2D eigenvalue weighted by atomic mass is 16.7. The van der Waals surface area contributed by atoms with Crippen molar-refractivity contribution in [3.05, 3.63) is 58.7 Å². The Bertz CT molecular complexity index is 837. The lowest BCUT2D eigenvalue weighted by Gasteiger charge is -2.09. The van der Waals surface area contributed by atoms with Gasteiger partial charge in [0.05, 0.1) is 6.10 Å². The minimum absolute atomic E-state index is 0.0150. The summed E-state index contributed by atoms with van der Waals surface area (Å²) in [7, 11) is 0. The van der Waals surface area contributed by atoms with Crippen LogP contribution >= 0.6 is 0 Å². The van der Waals surface area contributed by atoms with E-state index in [1.807, 2.05) is 24.3 Å². The average molecular weight is 310 g/mol. The molecule has 2 aromatic rings. The quantitative estimate of drug-likeness (QED) is 0.891. The molecule has 1 unspecified atom stereocenters. The first-order valence-corrected chi connectivity index (χ1v) is 7.29. The molecular weight excluding hydrogens is 296 g/mol. The van der Waals surface area contributed by atoms with Crippen molar-refractivity contribution in [2.24, 2.45) is 0 Å². The summed E-state index contributed by atoms with van der Waals surface area (Å²) in [6.45, 7) is 0.0150. The lowest BCUT2D eigenvalue weighted by atomic mass is 9.99. The number of ether oxygens (including phenoxy) is 2. The lowest BCUT2D eigenvalue weighted by molar-refractivity contribution is 0.0692. The summed E-state index contributed by atoms with van der Waals surface area (Å²) in [6, 6.07) is 11.1. The van der Waals surface area contributed by atoms with E-state index in [1.165, 1.54) is 0 Å². The summed E-state index contributed by atoms with van der Waals surface area (Å²) >= 11 is 0. The molecule has 0 spiro atoms. The topological polar surface area (TPSA) is 76.0 Å². The van der Waals surface area contributed by atoms with Crippen molar-refractivity contribution in [1.82, 2.24) is 0 Å². The van der Waals surface area contributed by atoms with Crippen LogP contribution in [0.4, 0.5) is 0 Å². The maximum Gasteiger partial charge on any atom is 0.340 e. The summed E-state index contributed by atoms with van der Waals surface area (Å²) in [4.78, 5) is 11.7. The molecule has 5 nitrogen and oxygen atoms in total. The Kier molecular flexibility index (Phi) is 3.09. The van der Waals surface area contributed by atoms with E-state index in [-0.39, 0.29) is 18.1 Å². The number of aliphatic hydroxyl groups excluding tert-OH is 1. The fraction of sp³-hybridized carbons (Fsp3) is 0.167. The van der Waals surface area contributed by atoms with E-state index in [2.05, 4.69) is 0 Å². The third-order valence-electron chi connectivity index (χ3n) is 4.20. The van der Waals surface area contributed by atoms with Crippen molar-refractivity contribution in [1.29, 1.82) is 0 Å². The molecule has 2 N–H and O–H groups in total. The predicted octanol–water partition coefficient (Wildman–Crippen LogP) is 2.57. The second kappa shape index (κ2) is 5.14. The largest absolute Gasteiger partial charge is 0.478 e. The fourth-order valence-corrected chi connectivity index (χ4v) is 3.15. The number of hydrogen-bond donors (Lipinski definition) is 2. The Morgan fingerprint density at radius 1 is 1.17 bits per heavy atom. The van der Waals surface area contributed by atoms with Crippen molar-refractivity contribution >= 4 is 17.6 Å². The molecule has 2 aromatic carbocycles. The molecule has 1 aliphatic heterocycles. The number of hydrogen-bond acceptors (Lipinski definition) is 4. The number of aliphatic hydroxyl groups is 1. The number of carboxylic acid groups (broad SMARTS) is 1. The molecule has 4 rings (SSSR count). The smallest absolute Gasteiger partial charge is 0.340 e. The van der Waals surface area contributed by atoms with Crippen molar-refractivity contribution in [2.45, 2.75) is 12.5 Å². The van der Waals surface area contributed by atoms with Gasteiger partial charge in [-0.15, -0.1) is 0 Å². The van der Waals surface area contributed by atoms with Gasteiger partial charge in [-0.1, -0.05) is 30.3 Å². The highest BCUT2D eigenvalue weighted by Crippen LogP contribution is 2.40. The minimum Gasteiger partial charge on any atom is -0.478 e. The molecule has 5 heteroatoms. The first-order chi connectivity index (χ1) is 11.1. The first-order valence-electron chi connectivity index (χ1n) is 7.29. The van der Waals surface area contributed by atoms with Crippen LogP contribution in [0.15, 0.2) is 36.4 Å². The zero-order chi connectivity index (χ0) is 16.0. The Morgan fingerprint density at radius 3 is 2.83 bits per heavy atom. The third-order valence-corrected chi connectivity index (χ3v) is 4.20. The molecule has 1 atom stereocenters. The molecule has 0 aromatic heterocycles. The SMILES string of the molecule is O=C(O)c1c(C=C2c3ccccc3CC2O)ccc2c1OCO2. The third kappa shape index (κ3) is 2.17. The Balaban J connectivity index is 1.88. The van der Waals surface area contributed by atoms with E-state index in [0.29, 0.717) is 17.7 Å². The van der Waals surface area contributed by atoms with Gasteiger partial charge in [-0.2, -0.15) is 0 Å². The highest BCUT2D eigenvalue weighted by molar-refractivity contribution is 6.00. The van der Waals surface area contributed by atoms with Crippen LogP contribution in [0.1, 0.15) is 27.0 Å². The van der Waals surface area contributed by atoms with E-state index in [1.54, 1.807) is 18.2 Å². The van der Waals surface area contributed by atoms with Gasteiger partial charge in [-0.25, -0.2) is 4.79 Å². The predicted molar refractivity (Wildman–Crippen MR) is 83.5 cm³/mol. The molecule has 23 heavy (non-hydrogen) atoms. The van der Waals surface area contributed by atoms with Gasteiger partial charge >= 0.3 is 5.97 Å². The Labute approximate surface area is 132 Å². The van der Waals surface area contributed by atoms with Gasteiger partial charge in [0.2, 0.25) is 6.79 Å². The first kappa shape index (κ1) is 13.8. The molecule has 116 valence electrons. The zero-order valence-corrected chi connectivity index (χ0v) is 12.2. The number of benzene rings is 2. The van der Waals surface area contributed by atoms with Gasteiger partial charge in [0, 0.05) is 6.42 Å². The number of fused-ring (bicyclic) bond motifs is 2. The fourth-order valence-electron chi connectivity index (χ4n) is 3.15. The molecule has 0 saturated carbocycles. The summed E-state index contributed by atoms with van der Waals surface area (Å²) in [5, 5.41) is 19.9. The van der Waals surface area contributed by atoms with Crippen molar-refractivity contribution in [3.8, 4) is 11.5 Å². The van der Waals surface area contributed by atoms with Crippen LogP contribution in [0.25, 0.3) is 11.6 Å². The molecule has 0 fully saturated rings. The normalized spacial score (nSPS) is 19.9. The molecular formula is C18H14O5. The van der Waals surface area contributed by atoms with Crippen LogP contribution in [0, 0.1) is 0 Å². The zero-order valence-electron chi connectivity index (χ0n) is 12.2. The molecule has 0 radical (unpaired) electrons. The van der Waals surface area contributed by atoms with Crippen LogP contribution in [-0.2, 0) is 6.42 Å². The molecule has 0 bridgehead atoms. The van der Waals surface area contributed by atoms with Gasteiger partial charge in [-0.05, 0) is 34.4 Å². The maximum atomic E-state index is 11.7. The monoisotopic (exact) mass is 310 g/mol. The summed E-state index contributed by atoms with van der Waals surface area (Å²) in [5.41, 5.74) is 3.29. The van der Waals surface area contributed by atoms with Gasteiger partial charge < -0.3 is 19.7 Å². The lowest BCUT2D eigenvalue weighted by Crippen LogP contribution is -2.06. The Morgan fingerprint density at radius 2 is 2.00 bits per heavy atom. The van der Waals surface area contributed by atoms with Crippen LogP contribution in [0.2, 0.25) is 0 Å². The van der Waals surface area contributed by atoms with Crippen LogP contribution in [0.3, 0.4) is 0 Å². The van der Waals surface area contributed by atoms with Crippen molar-refractivity contribution in [2.75, 3.05) is 6.79 Å². The Hall–Kier alpha value is -2.79. The summed E-state index contributed by atoms with van der Waals surface area (Å²) in [6.07, 6.45) is 1.62. The number of aromatic carboxylic acids is 1. The summed E-state index contributed by atoms with van der Waals surface area (Å²) < 4.78 is 10.5. The van der Waals surface area contributed by atoms with E-state index in [9.17, 15) is 15.0 Å². The van der Waals surface area contributed by atoms with Crippen molar-refractivity contribution in [3.63, 3.8) is 0 Å². The molecule has 2 aliphatic rings. The van der Waals surface area contributed by atoms with Gasteiger partial charge in [0.15, 0.2) is 11.5 Å². The molecule has 0 saturated heterocycles. The average Bonchev–Trinajstić information content (AvgIpc) is 3.11. The number of carbonyl (C=O) groups is 1. The maximum absolute atomic E-state index is 11.7. The van der Waals surface area contributed by atoms with Gasteiger partial charge in [0.1, 0.15) is 5.56 Å².